The van der Waals surface area contributed by atoms with Crippen LogP contribution in [0.2, 0.25) is 0 Å². The van der Waals surface area contributed by atoms with Crippen LogP contribution in [0.3, 0.4) is 0 Å². The maximum atomic E-state index is 5.90. The smallest absolute Gasteiger partial charge is 0.151 e. The molecule has 0 saturated carbocycles. The maximum absolute atomic E-state index is 5.90. The molecular formula is C11H20N4. The summed E-state index contributed by atoms with van der Waals surface area (Å²) in [5.41, 5.74) is 6.15. The van der Waals surface area contributed by atoms with Crippen molar-refractivity contribution in [3.05, 3.63) is 11.6 Å². The Hall–Kier alpha value is -0.900. The van der Waals surface area contributed by atoms with Gasteiger partial charge in [0.1, 0.15) is 5.82 Å². The van der Waals surface area contributed by atoms with Gasteiger partial charge in [-0.05, 0) is 11.8 Å². The molecule has 0 saturated heterocycles. The molecule has 0 spiro atoms. The maximum Gasteiger partial charge on any atom is 0.151 e. The summed E-state index contributed by atoms with van der Waals surface area (Å²) in [4.78, 5) is 4.57. The molecule has 0 aliphatic carbocycles. The van der Waals surface area contributed by atoms with Gasteiger partial charge in [-0.25, -0.2) is 9.67 Å². The SMILES string of the molecule is CC(C)(C)Cc1nc2n(n1)CC(N)CC2. The van der Waals surface area contributed by atoms with Crippen molar-refractivity contribution >= 4 is 0 Å². The molecule has 2 rings (SSSR count). The highest BCUT2D eigenvalue weighted by Gasteiger charge is 2.21. The molecule has 1 unspecified atom stereocenters. The molecule has 4 nitrogen and oxygen atoms in total. The lowest BCUT2D eigenvalue weighted by Gasteiger charge is -2.17. The average Bonchev–Trinajstić information content (AvgIpc) is 2.42. The Bertz CT molecular complexity index is 348. The minimum atomic E-state index is 0.250. The van der Waals surface area contributed by atoms with E-state index in [0.717, 1.165) is 37.5 Å². The van der Waals surface area contributed by atoms with Gasteiger partial charge in [0.15, 0.2) is 5.82 Å². The predicted octanol–water partition coefficient (Wildman–Crippen LogP) is 1.14. The number of nitrogens with zero attached hydrogens (tertiary/aromatic N) is 3. The molecule has 4 heteroatoms. The van der Waals surface area contributed by atoms with Gasteiger partial charge >= 0.3 is 0 Å². The fourth-order valence-corrected chi connectivity index (χ4v) is 1.93. The summed E-state index contributed by atoms with van der Waals surface area (Å²) in [6.07, 6.45) is 2.94. The Balaban J connectivity index is 2.16. The van der Waals surface area contributed by atoms with Crippen LogP contribution in [0.4, 0.5) is 0 Å². The van der Waals surface area contributed by atoms with Gasteiger partial charge in [0.2, 0.25) is 0 Å². The van der Waals surface area contributed by atoms with Crippen molar-refractivity contribution in [2.45, 2.75) is 52.6 Å². The molecule has 2 N–H and O–H groups in total. The second kappa shape index (κ2) is 3.59. The molecule has 2 heterocycles. The lowest BCUT2D eigenvalue weighted by atomic mass is 9.92. The fraction of sp³-hybridized carbons (Fsp3) is 0.818. The Morgan fingerprint density at radius 2 is 2.20 bits per heavy atom. The monoisotopic (exact) mass is 208 g/mol. The summed E-state index contributed by atoms with van der Waals surface area (Å²) in [6.45, 7) is 7.45. The quantitative estimate of drug-likeness (QED) is 0.753. The van der Waals surface area contributed by atoms with Crippen LogP contribution in [0.1, 0.15) is 38.8 Å². The zero-order valence-electron chi connectivity index (χ0n) is 9.82. The number of hydrogen-bond acceptors (Lipinski definition) is 3. The molecule has 0 aromatic carbocycles. The first-order valence-electron chi connectivity index (χ1n) is 5.62. The first kappa shape index (κ1) is 10.6. The normalized spacial score (nSPS) is 21.5. The highest BCUT2D eigenvalue weighted by Crippen LogP contribution is 2.20. The fourth-order valence-electron chi connectivity index (χ4n) is 1.93. The van der Waals surface area contributed by atoms with E-state index in [0.29, 0.717) is 0 Å². The van der Waals surface area contributed by atoms with Crippen LogP contribution in [0.15, 0.2) is 0 Å². The number of aromatic nitrogens is 3. The summed E-state index contributed by atoms with van der Waals surface area (Å²) in [5.74, 6) is 2.07. The van der Waals surface area contributed by atoms with Gasteiger partial charge in [0.05, 0.1) is 6.54 Å². The van der Waals surface area contributed by atoms with Crippen LogP contribution in [0.25, 0.3) is 0 Å². The third-order valence-electron chi connectivity index (χ3n) is 2.63. The van der Waals surface area contributed by atoms with E-state index >= 15 is 0 Å². The first-order valence-corrected chi connectivity index (χ1v) is 5.62. The van der Waals surface area contributed by atoms with Crippen molar-refractivity contribution in [2.75, 3.05) is 0 Å². The van der Waals surface area contributed by atoms with Crippen molar-refractivity contribution in [3.8, 4) is 0 Å². The van der Waals surface area contributed by atoms with Crippen molar-refractivity contribution in [1.29, 1.82) is 0 Å². The van der Waals surface area contributed by atoms with Crippen molar-refractivity contribution in [3.63, 3.8) is 0 Å². The van der Waals surface area contributed by atoms with Gasteiger partial charge in [-0.15, -0.1) is 0 Å². The molecule has 1 atom stereocenters. The zero-order valence-corrected chi connectivity index (χ0v) is 9.82. The third kappa shape index (κ3) is 2.56. The first-order chi connectivity index (χ1) is 6.94. The van der Waals surface area contributed by atoms with Crippen LogP contribution in [0.5, 0.6) is 0 Å². The molecular weight excluding hydrogens is 188 g/mol. The summed E-state index contributed by atoms with van der Waals surface area (Å²) in [5, 5.41) is 4.51. The lowest BCUT2D eigenvalue weighted by molar-refractivity contribution is 0.394. The number of fused-ring (bicyclic) bond motifs is 1. The standard InChI is InChI=1S/C11H20N4/c1-11(2,3)6-9-13-10-5-4-8(12)7-15(10)14-9/h8H,4-7,12H2,1-3H3. The van der Waals surface area contributed by atoms with Crippen LogP contribution in [0, 0.1) is 5.41 Å². The molecule has 0 bridgehead atoms. The molecule has 0 radical (unpaired) electrons. The van der Waals surface area contributed by atoms with Gasteiger partial charge in [0.25, 0.3) is 0 Å². The molecule has 1 aromatic rings. The number of rotatable bonds is 1. The van der Waals surface area contributed by atoms with Gasteiger partial charge < -0.3 is 5.73 Å². The molecule has 84 valence electrons. The summed E-state index contributed by atoms with van der Waals surface area (Å²) in [7, 11) is 0. The molecule has 1 aliphatic rings. The van der Waals surface area contributed by atoms with Gasteiger partial charge in [0, 0.05) is 18.9 Å². The Labute approximate surface area is 90.9 Å². The molecule has 0 fully saturated rings. The highest BCUT2D eigenvalue weighted by atomic mass is 15.4. The molecule has 0 amide bonds. The Morgan fingerprint density at radius 1 is 1.47 bits per heavy atom. The van der Waals surface area contributed by atoms with E-state index in [-0.39, 0.29) is 11.5 Å². The van der Waals surface area contributed by atoms with Gasteiger partial charge in [-0.1, -0.05) is 20.8 Å². The number of hydrogen-bond donors (Lipinski definition) is 1. The van der Waals surface area contributed by atoms with Crippen LogP contribution in [-0.2, 0) is 19.4 Å². The van der Waals surface area contributed by atoms with E-state index in [1.54, 1.807) is 0 Å². The minimum Gasteiger partial charge on any atom is -0.326 e. The summed E-state index contributed by atoms with van der Waals surface area (Å²) >= 11 is 0. The minimum absolute atomic E-state index is 0.250. The Morgan fingerprint density at radius 3 is 2.87 bits per heavy atom. The van der Waals surface area contributed by atoms with Crippen LogP contribution >= 0.6 is 0 Å². The van der Waals surface area contributed by atoms with E-state index < -0.39 is 0 Å². The number of aryl methyl sites for hydroxylation is 1. The molecule has 1 aliphatic heterocycles. The van der Waals surface area contributed by atoms with E-state index in [9.17, 15) is 0 Å². The van der Waals surface area contributed by atoms with Crippen molar-refractivity contribution in [2.24, 2.45) is 11.1 Å². The van der Waals surface area contributed by atoms with E-state index in [4.69, 9.17) is 5.73 Å². The number of nitrogens with two attached hydrogens (primary N) is 1. The van der Waals surface area contributed by atoms with Gasteiger partial charge in [-0.2, -0.15) is 5.10 Å². The van der Waals surface area contributed by atoms with Crippen LogP contribution in [-0.4, -0.2) is 20.8 Å². The largest absolute Gasteiger partial charge is 0.326 e. The van der Waals surface area contributed by atoms with Crippen LogP contribution < -0.4 is 5.73 Å². The molecule has 15 heavy (non-hydrogen) atoms. The van der Waals surface area contributed by atoms with E-state index in [2.05, 4.69) is 30.9 Å². The third-order valence-corrected chi connectivity index (χ3v) is 2.63. The molecule has 1 aromatic heterocycles. The van der Waals surface area contributed by atoms with E-state index in [1.165, 1.54) is 0 Å². The lowest BCUT2D eigenvalue weighted by Crippen LogP contribution is -2.32. The topological polar surface area (TPSA) is 56.7 Å². The van der Waals surface area contributed by atoms with Crippen molar-refractivity contribution < 1.29 is 0 Å². The second-order valence-electron chi connectivity index (χ2n) is 5.66. The van der Waals surface area contributed by atoms with Crippen molar-refractivity contribution in [1.82, 2.24) is 14.8 Å². The summed E-state index contributed by atoms with van der Waals surface area (Å²) < 4.78 is 1.98. The predicted molar refractivity (Wildman–Crippen MR) is 59.5 cm³/mol. The van der Waals surface area contributed by atoms with E-state index in [1.807, 2.05) is 4.68 Å². The zero-order chi connectivity index (χ0) is 11.1. The second-order valence-corrected chi connectivity index (χ2v) is 5.66. The summed E-state index contributed by atoms with van der Waals surface area (Å²) in [6, 6.07) is 0.252. The van der Waals surface area contributed by atoms with Gasteiger partial charge in [-0.3, -0.25) is 0 Å². The Kier molecular flexibility index (Phi) is 2.54. The highest BCUT2D eigenvalue weighted by molar-refractivity contribution is 4.99. The average molecular weight is 208 g/mol.